The predicted octanol–water partition coefficient (Wildman–Crippen LogP) is 1.94. The molecule has 0 saturated carbocycles. The van der Waals surface area contributed by atoms with E-state index in [-0.39, 0.29) is 5.57 Å². The largest absolute Gasteiger partial charge is 0.481 e. The topological polar surface area (TPSA) is 74.6 Å². The number of benzene rings is 1. The molecule has 0 radical (unpaired) electrons. The quantitative estimate of drug-likeness (QED) is 0.760. The summed E-state index contributed by atoms with van der Waals surface area (Å²) in [6.07, 6.45) is 0.888. The van der Waals surface area contributed by atoms with E-state index in [2.05, 4.69) is 0 Å². The SMILES string of the molecule is Cc1ccc(/C=C(\CC(=O)O)C(=O)O)cc1. The number of carboxylic acid groups (broad SMARTS) is 2. The molecule has 2 N–H and O–H groups in total. The first-order valence-corrected chi connectivity index (χ1v) is 4.71. The summed E-state index contributed by atoms with van der Waals surface area (Å²) in [5.74, 6) is -2.36. The second-order valence-electron chi connectivity index (χ2n) is 3.46. The first-order chi connectivity index (χ1) is 7.49. The van der Waals surface area contributed by atoms with E-state index in [4.69, 9.17) is 10.2 Å². The van der Waals surface area contributed by atoms with Gasteiger partial charge in [-0.2, -0.15) is 0 Å². The number of carbonyl (C=O) groups is 2. The van der Waals surface area contributed by atoms with Gasteiger partial charge in [0.25, 0.3) is 0 Å². The lowest BCUT2D eigenvalue weighted by Crippen LogP contribution is -2.06. The van der Waals surface area contributed by atoms with Gasteiger partial charge in [0.05, 0.1) is 6.42 Å². The molecule has 0 aliphatic rings. The highest BCUT2D eigenvalue weighted by molar-refractivity contribution is 5.96. The molecule has 0 aromatic heterocycles. The highest BCUT2D eigenvalue weighted by Crippen LogP contribution is 2.11. The van der Waals surface area contributed by atoms with Crippen molar-refractivity contribution in [2.45, 2.75) is 13.3 Å². The zero-order valence-corrected chi connectivity index (χ0v) is 8.80. The van der Waals surface area contributed by atoms with Crippen molar-refractivity contribution in [2.75, 3.05) is 0 Å². The maximum atomic E-state index is 10.8. The average Bonchev–Trinajstić information content (AvgIpc) is 2.19. The molecule has 0 unspecified atom stereocenters. The Bertz CT molecular complexity index is 429. The smallest absolute Gasteiger partial charge is 0.332 e. The Morgan fingerprint density at radius 3 is 2.19 bits per heavy atom. The van der Waals surface area contributed by atoms with Gasteiger partial charge in [-0.25, -0.2) is 4.79 Å². The van der Waals surface area contributed by atoms with E-state index in [1.807, 2.05) is 19.1 Å². The molecule has 16 heavy (non-hydrogen) atoms. The Kier molecular flexibility index (Phi) is 3.83. The summed E-state index contributed by atoms with van der Waals surface area (Å²) >= 11 is 0. The van der Waals surface area contributed by atoms with Crippen molar-refractivity contribution in [3.05, 3.63) is 41.0 Å². The number of hydrogen-bond acceptors (Lipinski definition) is 2. The van der Waals surface area contributed by atoms with Crippen molar-refractivity contribution in [2.24, 2.45) is 0 Å². The number of aryl methyl sites for hydroxylation is 1. The molecule has 4 heteroatoms. The predicted molar refractivity (Wildman–Crippen MR) is 59.0 cm³/mol. The van der Waals surface area contributed by atoms with Gasteiger partial charge in [0.2, 0.25) is 0 Å². The fourth-order valence-electron chi connectivity index (χ4n) is 1.22. The van der Waals surface area contributed by atoms with Crippen molar-refractivity contribution in [1.82, 2.24) is 0 Å². The third-order valence-electron chi connectivity index (χ3n) is 2.03. The fourth-order valence-corrected chi connectivity index (χ4v) is 1.22. The van der Waals surface area contributed by atoms with Gasteiger partial charge in [0.15, 0.2) is 0 Å². The summed E-state index contributed by atoms with van der Waals surface area (Å²) in [5, 5.41) is 17.4. The minimum Gasteiger partial charge on any atom is -0.481 e. The van der Waals surface area contributed by atoms with Crippen molar-refractivity contribution in [3.63, 3.8) is 0 Å². The Morgan fingerprint density at radius 1 is 1.19 bits per heavy atom. The second-order valence-corrected chi connectivity index (χ2v) is 3.46. The van der Waals surface area contributed by atoms with E-state index in [9.17, 15) is 9.59 Å². The van der Waals surface area contributed by atoms with Crippen LogP contribution in [0.1, 0.15) is 17.5 Å². The second kappa shape index (κ2) is 5.11. The minimum absolute atomic E-state index is 0.128. The van der Waals surface area contributed by atoms with Crippen LogP contribution in [0, 0.1) is 6.92 Å². The van der Waals surface area contributed by atoms with Crippen molar-refractivity contribution in [3.8, 4) is 0 Å². The summed E-state index contributed by atoms with van der Waals surface area (Å²) in [6, 6.07) is 7.18. The Labute approximate surface area is 92.8 Å². The molecule has 0 aliphatic heterocycles. The van der Waals surface area contributed by atoms with E-state index in [1.165, 1.54) is 6.08 Å². The summed E-state index contributed by atoms with van der Waals surface area (Å²) in [4.78, 5) is 21.2. The Balaban J connectivity index is 2.97. The fraction of sp³-hybridized carbons (Fsp3) is 0.167. The molecule has 4 nitrogen and oxygen atoms in total. The van der Waals surface area contributed by atoms with E-state index in [1.54, 1.807) is 12.1 Å². The molecule has 0 bridgehead atoms. The lowest BCUT2D eigenvalue weighted by atomic mass is 10.1. The van der Waals surface area contributed by atoms with Gasteiger partial charge in [-0.05, 0) is 18.6 Å². The van der Waals surface area contributed by atoms with Crippen molar-refractivity contribution >= 4 is 18.0 Å². The van der Waals surface area contributed by atoms with E-state index in [0.717, 1.165) is 5.56 Å². The van der Waals surface area contributed by atoms with Crippen molar-refractivity contribution in [1.29, 1.82) is 0 Å². The highest BCUT2D eigenvalue weighted by atomic mass is 16.4. The molecule has 0 saturated heterocycles. The molecule has 0 aliphatic carbocycles. The lowest BCUT2D eigenvalue weighted by Gasteiger charge is -1.99. The monoisotopic (exact) mass is 220 g/mol. The minimum atomic E-state index is -1.21. The van der Waals surface area contributed by atoms with Crippen molar-refractivity contribution < 1.29 is 19.8 Å². The summed E-state index contributed by atoms with van der Waals surface area (Å²) in [5.41, 5.74) is 1.62. The zero-order valence-electron chi connectivity index (χ0n) is 8.80. The van der Waals surface area contributed by atoms with Gasteiger partial charge in [-0.15, -0.1) is 0 Å². The molecule has 0 spiro atoms. The number of hydrogen-bond donors (Lipinski definition) is 2. The van der Waals surface area contributed by atoms with E-state index < -0.39 is 18.4 Å². The van der Waals surface area contributed by atoms with Crippen LogP contribution < -0.4 is 0 Å². The summed E-state index contributed by atoms with van der Waals surface area (Å²) in [6.45, 7) is 1.92. The molecule has 1 aromatic carbocycles. The number of rotatable bonds is 4. The van der Waals surface area contributed by atoms with Gasteiger partial charge < -0.3 is 10.2 Å². The molecule has 84 valence electrons. The molecule has 0 amide bonds. The Hall–Kier alpha value is -2.10. The molecule has 1 aromatic rings. The zero-order chi connectivity index (χ0) is 12.1. The van der Waals surface area contributed by atoms with Crippen LogP contribution in [0.25, 0.3) is 6.08 Å². The van der Waals surface area contributed by atoms with Crippen LogP contribution in [0.4, 0.5) is 0 Å². The summed E-state index contributed by atoms with van der Waals surface area (Å²) < 4.78 is 0. The van der Waals surface area contributed by atoms with Crippen LogP contribution in [0.2, 0.25) is 0 Å². The van der Waals surface area contributed by atoms with Gasteiger partial charge in [-0.1, -0.05) is 29.8 Å². The molecule has 0 atom stereocenters. The van der Waals surface area contributed by atoms with Crippen LogP contribution in [-0.2, 0) is 9.59 Å². The van der Waals surface area contributed by atoms with E-state index >= 15 is 0 Å². The van der Waals surface area contributed by atoms with Gasteiger partial charge in [0.1, 0.15) is 0 Å². The number of aliphatic carboxylic acids is 2. The first-order valence-electron chi connectivity index (χ1n) is 4.71. The number of carboxylic acids is 2. The molecule has 1 rings (SSSR count). The van der Waals surface area contributed by atoms with E-state index in [0.29, 0.717) is 5.56 Å². The Morgan fingerprint density at radius 2 is 1.75 bits per heavy atom. The van der Waals surface area contributed by atoms with Crippen LogP contribution in [0.3, 0.4) is 0 Å². The van der Waals surface area contributed by atoms with Gasteiger partial charge in [-0.3, -0.25) is 4.79 Å². The summed E-state index contributed by atoms with van der Waals surface area (Å²) in [7, 11) is 0. The first kappa shape index (κ1) is 12.0. The third-order valence-corrected chi connectivity index (χ3v) is 2.03. The maximum absolute atomic E-state index is 10.8. The molecular weight excluding hydrogens is 208 g/mol. The average molecular weight is 220 g/mol. The standard InChI is InChI=1S/C12H12O4/c1-8-2-4-9(5-3-8)6-10(12(15)16)7-11(13)14/h2-6H,7H2,1H3,(H,13,14)(H,15,16)/b10-6+. The van der Waals surface area contributed by atoms with Crippen LogP contribution >= 0.6 is 0 Å². The van der Waals surface area contributed by atoms with Crippen LogP contribution in [0.5, 0.6) is 0 Å². The molecule has 0 heterocycles. The van der Waals surface area contributed by atoms with Gasteiger partial charge in [0, 0.05) is 5.57 Å². The molecular formula is C12H12O4. The lowest BCUT2D eigenvalue weighted by molar-refractivity contribution is -0.139. The third kappa shape index (κ3) is 3.57. The van der Waals surface area contributed by atoms with Crippen LogP contribution in [-0.4, -0.2) is 22.2 Å². The van der Waals surface area contributed by atoms with Gasteiger partial charge >= 0.3 is 11.9 Å². The van der Waals surface area contributed by atoms with Crippen LogP contribution in [0.15, 0.2) is 29.8 Å². The normalized spacial score (nSPS) is 11.2. The highest BCUT2D eigenvalue weighted by Gasteiger charge is 2.11. The molecule has 0 fully saturated rings. The maximum Gasteiger partial charge on any atom is 0.332 e.